The number of cyclic esters (lactones) is 1. The van der Waals surface area contributed by atoms with Gasteiger partial charge in [-0.25, -0.2) is 9.69 Å². The summed E-state index contributed by atoms with van der Waals surface area (Å²) in [4.78, 5) is 26.0. The maximum Gasteiger partial charge on any atom is 0.417 e. The highest BCUT2D eigenvalue weighted by Gasteiger charge is 2.44. The van der Waals surface area contributed by atoms with Crippen molar-refractivity contribution >= 4 is 23.6 Å². The molecule has 1 aromatic rings. The summed E-state index contributed by atoms with van der Waals surface area (Å²) in [6.45, 7) is 6.01. The second-order valence-electron chi connectivity index (χ2n) is 6.28. The molecule has 0 bridgehead atoms. The van der Waals surface area contributed by atoms with Crippen LogP contribution in [0.4, 0.5) is 4.79 Å². The maximum atomic E-state index is 12.8. The molecule has 2 amide bonds. The van der Waals surface area contributed by atoms with Crippen LogP contribution in [0.15, 0.2) is 30.3 Å². The number of hydrogen-bond donors (Lipinski definition) is 0. The molecule has 21 heavy (non-hydrogen) atoms. The summed E-state index contributed by atoms with van der Waals surface area (Å²) < 4.78 is 5.08. The Balaban J connectivity index is 2.31. The molecule has 0 aromatic heterocycles. The van der Waals surface area contributed by atoms with E-state index in [4.69, 9.17) is 16.3 Å². The van der Waals surface area contributed by atoms with Crippen LogP contribution in [0.5, 0.6) is 0 Å². The number of halogens is 1. The third kappa shape index (κ3) is 3.21. The monoisotopic (exact) mass is 309 g/mol. The molecule has 1 fully saturated rings. The Morgan fingerprint density at radius 2 is 2.00 bits per heavy atom. The van der Waals surface area contributed by atoms with Crippen LogP contribution >= 0.6 is 11.6 Å². The van der Waals surface area contributed by atoms with Crippen LogP contribution in [0.25, 0.3) is 0 Å². The third-order valence-corrected chi connectivity index (χ3v) is 4.10. The van der Waals surface area contributed by atoms with Crippen molar-refractivity contribution in [1.29, 1.82) is 0 Å². The molecule has 1 aliphatic heterocycles. The summed E-state index contributed by atoms with van der Waals surface area (Å²) in [5.41, 5.74) is 0.571. The average Bonchev–Trinajstić information content (AvgIpc) is 2.80. The van der Waals surface area contributed by atoms with Gasteiger partial charge in [-0.2, -0.15) is 0 Å². The number of ether oxygens (including phenoxy) is 1. The minimum atomic E-state index is -0.590. The van der Waals surface area contributed by atoms with E-state index in [9.17, 15) is 9.59 Å². The van der Waals surface area contributed by atoms with Crippen LogP contribution in [0.3, 0.4) is 0 Å². The molecule has 1 aliphatic rings. The van der Waals surface area contributed by atoms with Crippen molar-refractivity contribution in [3.05, 3.63) is 35.9 Å². The van der Waals surface area contributed by atoms with Crippen LogP contribution < -0.4 is 0 Å². The summed E-state index contributed by atoms with van der Waals surface area (Å²) in [5, 5.41) is 0. The SMILES string of the molecule is CC(C)(C)[C@@H](CCl)C(=O)N1C(=O)OC[C@H]1c1ccccc1. The summed E-state index contributed by atoms with van der Waals surface area (Å²) in [6, 6.07) is 9.05. The molecular formula is C16H20ClNO3. The van der Waals surface area contributed by atoms with E-state index in [1.165, 1.54) is 4.90 Å². The first-order valence-corrected chi connectivity index (χ1v) is 7.50. The molecule has 0 radical (unpaired) electrons. The average molecular weight is 310 g/mol. The Morgan fingerprint density at radius 1 is 1.38 bits per heavy atom. The summed E-state index contributed by atoms with van der Waals surface area (Å²) in [5.74, 6) is -0.530. The maximum absolute atomic E-state index is 12.8. The molecule has 1 saturated heterocycles. The van der Waals surface area contributed by atoms with Crippen LogP contribution in [0.1, 0.15) is 32.4 Å². The third-order valence-electron chi connectivity index (χ3n) is 3.79. The number of hydrogen-bond acceptors (Lipinski definition) is 3. The van der Waals surface area contributed by atoms with Crippen LogP contribution in [0, 0.1) is 11.3 Å². The highest BCUT2D eigenvalue weighted by atomic mass is 35.5. The fourth-order valence-corrected chi connectivity index (χ4v) is 3.02. The number of imide groups is 1. The topological polar surface area (TPSA) is 46.6 Å². The highest BCUT2D eigenvalue weighted by Crippen LogP contribution is 2.34. The van der Waals surface area contributed by atoms with Crippen LogP contribution in [-0.2, 0) is 9.53 Å². The summed E-state index contributed by atoms with van der Waals surface area (Å²) in [6.07, 6.45) is -0.590. The Kier molecular flexibility index (Phi) is 4.57. The van der Waals surface area contributed by atoms with Gasteiger partial charge in [0.1, 0.15) is 12.6 Å². The highest BCUT2D eigenvalue weighted by molar-refractivity contribution is 6.19. The minimum absolute atomic E-state index is 0.174. The van der Waals surface area contributed by atoms with Crippen molar-refractivity contribution in [2.45, 2.75) is 26.8 Å². The second kappa shape index (κ2) is 6.06. The lowest BCUT2D eigenvalue weighted by Gasteiger charge is -2.31. The zero-order valence-corrected chi connectivity index (χ0v) is 13.3. The van der Waals surface area contributed by atoms with E-state index in [-0.39, 0.29) is 29.9 Å². The number of carbonyl (C=O) groups excluding carboxylic acids is 2. The predicted molar refractivity (Wildman–Crippen MR) is 81.0 cm³/mol. The number of amides is 2. The van der Waals surface area contributed by atoms with Crippen molar-refractivity contribution in [1.82, 2.24) is 4.90 Å². The molecule has 0 unspecified atom stereocenters. The first-order chi connectivity index (χ1) is 9.86. The number of benzene rings is 1. The molecule has 1 aromatic carbocycles. The largest absolute Gasteiger partial charge is 0.446 e. The van der Waals surface area contributed by atoms with Crippen molar-refractivity contribution in [2.24, 2.45) is 11.3 Å². The van der Waals surface area contributed by atoms with Gasteiger partial charge in [0.15, 0.2) is 0 Å². The lowest BCUT2D eigenvalue weighted by atomic mass is 9.81. The Morgan fingerprint density at radius 3 is 2.52 bits per heavy atom. The second-order valence-corrected chi connectivity index (χ2v) is 6.59. The van der Waals surface area contributed by atoms with Gasteiger partial charge in [-0.15, -0.1) is 11.6 Å². The molecule has 114 valence electrons. The van der Waals surface area contributed by atoms with E-state index >= 15 is 0 Å². The molecule has 0 N–H and O–H groups in total. The summed E-state index contributed by atoms with van der Waals surface area (Å²) >= 11 is 5.97. The summed E-state index contributed by atoms with van der Waals surface area (Å²) in [7, 11) is 0. The number of nitrogens with zero attached hydrogens (tertiary/aromatic N) is 1. The Labute approximate surface area is 130 Å². The van der Waals surface area contributed by atoms with E-state index in [1.54, 1.807) is 0 Å². The van der Waals surface area contributed by atoms with Crippen molar-refractivity contribution in [3.63, 3.8) is 0 Å². The van der Waals surface area contributed by atoms with Gasteiger partial charge in [-0.3, -0.25) is 4.79 Å². The lowest BCUT2D eigenvalue weighted by Crippen LogP contribution is -2.43. The standard InChI is InChI=1S/C16H20ClNO3/c1-16(2,3)12(9-17)14(19)18-13(10-21-15(18)20)11-7-5-4-6-8-11/h4-8,12-13H,9-10H2,1-3H3/t12-,13-/m0/s1. The van der Waals surface area contributed by atoms with Gasteiger partial charge in [-0.05, 0) is 11.0 Å². The molecule has 5 heteroatoms. The van der Waals surface area contributed by atoms with E-state index in [2.05, 4.69) is 0 Å². The smallest absolute Gasteiger partial charge is 0.417 e. The Bertz CT molecular complexity index is 524. The van der Waals surface area contributed by atoms with E-state index < -0.39 is 12.0 Å². The zero-order chi connectivity index (χ0) is 15.6. The van der Waals surface area contributed by atoms with Gasteiger partial charge in [-0.1, -0.05) is 51.1 Å². The van der Waals surface area contributed by atoms with E-state index in [0.717, 1.165) is 5.56 Å². The first kappa shape index (κ1) is 15.8. The number of carbonyl (C=O) groups is 2. The molecule has 0 saturated carbocycles. The van der Waals surface area contributed by atoms with Gasteiger partial charge in [0.05, 0.1) is 5.92 Å². The molecule has 1 heterocycles. The molecule has 0 aliphatic carbocycles. The van der Waals surface area contributed by atoms with Gasteiger partial charge < -0.3 is 4.74 Å². The van der Waals surface area contributed by atoms with E-state index in [0.29, 0.717) is 0 Å². The molecule has 4 nitrogen and oxygen atoms in total. The Hall–Kier alpha value is -1.55. The fraction of sp³-hybridized carbons (Fsp3) is 0.500. The quantitative estimate of drug-likeness (QED) is 0.801. The molecular weight excluding hydrogens is 290 g/mol. The van der Waals surface area contributed by atoms with Gasteiger partial charge in [0, 0.05) is 5.88 Å². The molecule has 2 rings (SSSR count). The minimum Gasteiger partial charge on any atom is -0.446 e. The molecule has 0 spiro atoms. The zero-order valence-electron chi connectivity index (χ0n) is 12.5. The number of alkyl halides is 1. The van der Waals surface area contributed by atoms with Crippen molar-refractivity contribution < 1.29 is 14.3 Å². The van der Waals surface area contributed by atoms with Gasteiger partial charge >= 0.3 is 6.09 Å². The van der Waals surface area contributed by atoms with Gasteiger partial charge in [0.25, 0.3) is 0 Å². The van der Waals surface area contributed by atoms with Crippen LogP contribution in [0.2, 0.25) is 0 Å². The number of rotatable bonds is 3. The van der Waals surface area contributed by atoms with Gasteiger partial charge in [0.2, 0.25) is 5.91 Å². The molecule has 2 atom stereocenters. The van der Waals surface area contributed by atoms with Crippen molar-refractivity contribution in [2.75, 3.05) is 12.5 Å². The first-order valence-electron chi connectivity index (χ1n) is 6.97. The predicted octanol–water partition coefficient (Wildman–Crippen LogP) is 3.61. The van der Waals surface area contributed by atoms with Crippen molar-refractivity contribution in [3.8, 4) is 0 Å². The fourth-order valence-electron chi connectivity index (χ4n) is 2.42. The lowest BCUT2D eigenvalue weighted by molar-refractivity contribution is -0.136. The van der Waals surface area contributed by atoms with E-state index in [1.807, 2.05) is 51.1 Å². The normalized spacial score (nSPS) is 20.3. The van der Waals surface area contributed by atoms with Crippen LogP contribution in [-0.4, -0.2) is 29.4 Å².